The zero-order valence-electron chi connectivity index (χ0n) is 15.5. The zero-order chi connectivity index (χ0) is 19.3. The molecule has 26 heavy (non-hydrogen) atoms. The number of hydrogen-bond donors (Lipinski definition) is 0. The standard InChI is InChI=1S/C20H26Cl2O4/c1-12(2)16-7-4-13(3)8-18(16)26-20(24)11-25-19(23)9-14-5-6-15(21)10-17(14)22/h5-6,10,12-13,16,18H,4,7-9,11H2,1-3H3/t13-,16-,18+/m0/s1. The molecule has 3 atom stereocenters. The van der Waals surface area contributed by atoms with Gasteiger partial charge >= 0.3 is 11.9 Å². The van der Waals surface area contributed by atoms with Gasteiger partial charge in [0, 0.05) is 10.0 Å². The smallest absolute Gasteiger partial charge is 0.344 e. The van der Waals surface area contributed by atoms with Gasteiger partial charge in [0.05, 0.1) is 6.42 Å². The molecule has 0 bridgehead atoms. The van der Waals surface area contributed by atoms with Gasteiger partial charge in [-0.3, -0.25) is 4.79 Å². The fourth-order valence-electron chi connectivity index (χ4n) is 3.46. The van der Waals surface area contributed by atoms with E-state index in [2.05, 4.69) is 20.8 Å². The SMILES string of the molecule is CC(C)[C@@H]1CC[C@H](C)C[C@H]1OC(=O)COC(=O)Cc1ccc(Cl)cc1Cl. The van der Waals surface area contributed by atoms with E-state index in [0.717, 1.165) is 19.3 Å². The van der Waals surface area contributed by atoms with Crippen LogP contribution in [-0.2, 0) is 25.5 Å². The van der Waals surface area contributed by atoms with Gasteiger partial charge in [-0.05, 0) is 48.3 Å². The average molecular weight is 401 g/mol. The van der Waals surface area contributed by atoms with Crippen LogP contribution in [-0.4, -0.2) is 24.6 Å². The first-order chi connectivity index (χ1) is 12.3. The molecule has 0 radical (unpaired) electrons. The van der Waals surface area contributed by atoms with Crippen molar-refractivity contribution in [3.05, 3.63) is 33.8 Å². The van der Waals surface area contributed by atoms with Crippen molar-refractivity contribution in [1.29, 1.82) is 0 Å². The third-order valence-corrected chi connectivity index (χ3v) is 5.53. The van der Waals surface area contributed by atoms with Crippen LogP contribution in [0.4, 0.5) is 0 Å². The lowest BCUT2D eigenvalue weighted by Gasteiger charge is -2.36. The summed E-state index contributed by atoms with van der Waals surface area (Å²) in [6.07, 6.45) is 2.97. The summed E-state index contributed by atoms with van der Waals surface area (Å²) in [4.78, 5) is 24.1. The summed E-state index contributed by atoms with van der Waals surface area (Å²) in [7, 11) is 0. The molecule has 0 aromatic heterocycles. The van der Waals surface area contributed by atoms with Crippen LogP contribution >= 0.6 is 23.2 Å². The molecule has 2 rings (SSSR count). The van der Waals surface area contributed by atoms with Crippen LogP contribution in [0.3, 0.4) is 0 Å². The van der Waals surface area contributed by atoms with Crippen LogP contribution in [0.5, 0.6) is 0 Å². The Labute approximate surface area is 165 Å². The summed E-state index contributed by atoms with van der Waals surface area (Å²) in [5.41, 5.74) is 0.607. The Bertz CT molecular complexity index is 645. The highest BCUT2D eigenvalue weighted by molar-refractivity contribution is 6.35. The van der Waals surface area contributed by atoms with Crippen LogP contribution in [0.2, 0.25) is 10.0 Å². The normalized spacial score (nSPS) is 22.9. The number of ether oxygens (including phenoxy) is 2. The summed E-state index contributed by atoms with van der Waals surface area (Å²) >= 11 is 11.9. The molecule has 1 aliphatic carbocycles. The highest BCUT2D eigenvalue weighted by Gasteiger charge is 2.33. The van der Waals surface area contributed by atoms with Crippen molar-refractivity contribution in [2.45, 2.75) is 52.6 Å². The minimum Gasteiger partial charge on any atom is -0.460 e. The summed E-state index contributed by atoms with van der Waals surface area (Å²) < 4.78 is 10.7. The Balaban J connectivity index is 1.82. The van der Waals surface area contributed by atoms with Crippen LogP contribution in [0.25, 0.3) is 0 Å². The predicted octanol–water partition coefficient (Wildman–Crippen LogP) is 5.08. The Hall–Kier alpha value is -1.26. The molecule has 1 aromatic carbocycles. The minimum absolute atomic E-state index is 0.0155. The summed E-state index contributed by atoms with van der Waals surface area (Å²) in [6, 6.07) is 4.89. The van der Waals surface area contributed by atoms with E-state index < -0.39 is 11.9 Å². The van der Waals surface area contributed by atoms with Gasteiger partial charge in [-0.1, -0.05) is 56.5 Å². The average Bonchev–Trinajstić information content (AvgIpc) is 2.55. The fourth-order valence-corrected chi connectivity index (χ4v) is 3.94. The molecule has 1 aromatic rings. The van der Waals surface area contributed by atoms with Crippen molar-refractivity contribution >= 4 is 35.1 Å². The van der Waals surface area contributed by atoms with Gasteiger partial charge in [-0.2, -0.15) is 0 Å². The molecule has 0 spiro atoms. The third kappa shape index (κ3) is 6.17. The molecular formula is C20H26Cl2O4. The van der Waals surface area contributed by atoms with Gasteiger partial charge in [-0.25, -0.2) is 4.79 Å². The van der Waals surface area contributed by atoms with Gasteiger partial charge < -0.3 is 9.47 Å². The second kappa shape index (κ2) is 9.61. The molecule has 1 aliphatic rings. The second-order valence-corrected chi connectivity index (χ2v) is 8.27. The Kier molecular flexibility index (Phi) is 7.78. The van der Waals surface area contributed by atoms with Crippen molar-refractivity contribution < 1.29 is 19.1 Å². The first-order valence-corrected chi connectivity index (χ1v) is 9.81. The first kappa shape index (κ1) is 21.0. The van der Waals surface area contributed by atoms with E-state index in [4.69, 9.17) is 32.7 Å². The minimum atomic E-state index is -0.524. The lowest BCUT2D eigenvalue weighted by atomic mass is 9.75. The van der Waals surface area contributed by atoms with Crippen LogP contribution < -0.4 is 0 Å². The van der Waals surface area contributed by atoms with Gasteiger partial charge in [0.1, 0.15) is 6.10 Å². The van der Waals surface area contributed by atoms with E-state index in [1.165, 1.54) is 0 Å². The Morgan fingerprint density at radius 3 is 2.58 bits per heavy atom. The third-order valence-electron chi connectivity index (χ3n) is 4.95. The topological polar surface area (TPSA) is 52.6 Å². The highest BCUT2D eigenvalue weighted by Crippen LogP contribution is 2.35. The van der Waals surface area contributed by atoms with Crippen molar-refractivity contribution in [2.24, 2.45) is 17.8 Å². The molecule has 0 aliphatic heterocycles. The van der Waals surface area contributed by atoms with Gasteiger partial charge in [0.25, 0.3) is 0 Å². The number of esters is 2. The van der Waals surface area contributed by atoms with E-state index in [1.807, 2.05) is 0 Å². The molecule has 4 nitrogen and oxygen atoms in total. The summed E-state index contributed by atoms with van der Waals surface area (Å²) in [5, 5.41) is 0.894. The molecule has 144 valence electrons. The van der Waals surface area contributed by atoms with E-state index in [9.17, 15) is 9.59 Å². The molecule has 0 saturated heterocycles. The lowest BCUT2D eigenvalue weighted by Crippen LogP contribution is -2.36. The van der Waals surface area contributed by atoms with E-state index in [0.29, 0.717) is 33.4 Å². The van der Waals surface area contributed by atoms with Crippen LogP contribution in [0.15, 0.2) is 18.2 Å². The number of carbonyl (C=O) groups excluding carboxylic acids is 2. The second-order valence-electron chi connectivity index (χ2n) is 7.43. The number of halogens is 2. The van der Waals surface area contributed by atoms with E-state index in [-0.39, 0.29) is 19.1 Å². The number of rotatable bonds is 6. The van der Waals surface area contributed by atoms with E-state index >= 15 is 0 Å². The van der Waals surface area contributed by atoms with Crippen molar-refractivity contribution in [3.8, 4) is 0 Å². The molecule has 6 heteroatoms. The summed E-state index contributed by atoms with van der Waals surface area (Å²) in [5.74, 6) is 0.333. The maximum Gasteiger partial charge on any atom is 0.344 e. The van der Waals surface area contributed by atoms with Gasteiger partial charge in [-0.15, -0.1) is 0 Å². The maximum atomic E-state index is 12.1. The molecule has 0 N–H and O–H groups in total. The Morgan fingerprint density at radius 2 is 1.92 bits per heavy atom. The molecule has 0 heterocycles. The number of carbonyl (C=O) groups is 2. The highest BCUT2D eigenvalue weighted by atomic mass is 35.5. The molecule has 1 saturated carbocycles. The van der Waals surface area contributed by atoms with Crippen molar-refractivity contribution in [3.63, 3.8) is 0 Å². The van der Waals surface area contributed by atoms with Crippen molar-refractivity contribution in [2.75, 3.05) is 6.61 Å². The monoisotopic (exact) mass is 400 g/mol. The first-order valence-electron chi connectivity index (χ1n) is 9.05. The largest absolute Gasteiger partial charge is 0.460 e. The number of hydrogen-bond acceptors (Lipinski definition) is 4. The zero-order valence-corrected chi connectivity index (χ0v) is 17.0. The lowest BCUT2D eigenvalue weighted by molar-refractivity contribution is -0.166. The molecule has 0 unspecified atom stereocenters. The maximum absolute atomic E-state index is 12.1. The van der Waals surface area contributed by atoms with Crippen LogP contribution in [0, 0.1) is 17.8 Å². The predicted molar refractivity (Wildman–Crippen MR) is 102 cm³/mol. The van der Waals surface area contributed by atoms with E-state index in [1.54, 1.807) is 18.2 Å². The number of benzene rings is 1. The van der Waals surface area contributed by atoms with Gasteiger partial charge in [0.15, 0.2) is 6.61 Å². The molecule has 0 amide bonds. The molecular weight excluding hydrogens is 375 g/mol. The quantitative estimate of drug-likeness (QED) is 0.624. The van der Waals surface area contributed by atoms with Crippen molar-refractivity contribution in [1.82, 2.24) is 0 Å². The fraction of sp³-hybridized carbons (Fsp3) is 0.600. The molecule has 1 fully saturated rings. The van der Waals surface area contributed by atoms with Crippen LogP contribution in [0.1, 0.15) is 45.6 Å². The van der Waals surface area contributed by atoms with Gasteiger partial charge in [0.2, 0.25) is 0 Å². The summed E-state index contributed by atoms with van der Waals surface area (Å²) in [6.45, 7) is 6.10. The Morgan fingerprint density at radius 1 is 1.19 bits per heavy atom.